The molecule has 0 atom stereocenters. The van der Waals surface area contributed by atoms with Gasteiger partial charge in [-0.05, 0) is 24.3 Å². The van der Waals surface area contributed by atoms with Gasteiger partial charge >= 0.3 is 0 Å². The molecule has 0 radical (unpaired) electrons. The Bertz CT molecular complexity index is 298. The van der Waals surface area contributed by atoms with E-state index >= 15 is 0 Å². The fourth-order valence-electron chi connectivity index (χ4n) is 1.08. The summed E-state index contributed by atoms with van der Waals surface area (Å²) in [7, 11) is 0. The number of rotatable bonds is 2. The number of allylic oxidation sites excluding steroid dienone is 1. The molecule has 1 aromatic heterocycles. The number of aromatic nitrogens is 2. The molecule has 12 heavy (non-hydrogen) atoms. The number of hydrogen-bond donors (Lipinski definition) is 1. The summed E-state index contributed by atoms with van der Waals surface area (Å²) in [5.74, 6) is 0.949. The van der Waals surface area contributed by atoms with E-state index in [1.807, 2.05) is 18.2 Å². The zero-order valence-electron chi connectivity index (χ0n) is 6.66. The monoisotopic (exact) mass is 162 g/mol. The largest absolute Gasteiger partial charge is 0.494 e. The highest BCUT2D eigenvalue weighted by atomic mass is 16.5. The average Bonchev–Trinajstić information content (AvgIpc) is 2.74. The van der Waals surface area contributed by atoms with Crippen LogP contribution in [-0.4, -0.2) is 16.8 Å². The molecular weight excluding hydrogens is 152 g/mol. The van der Waals surface area contributed by atoms with Crippen LogP contribution in [0.15, 0.2) is 30.2 Å². The molecule has 0 fully saturated rings. The number of nitrogens with one attached hydrogen (secondary N) is 1. The van der Waals surface area contributed by atoms with Crippen molar-refractivity contribution in [3.63, 3.8) is 0 Å². The van der Waals surface area contributed by atoms with Gasteiger partial charge < -0.3 is 4.74 Å². The lowest BCUT2D eigenvalue weighted by Gasteiger charge is -1.94. The van der Waals surface area contributed by atoms with Crippen LogP contribution in [0.1, 0.15) is 12.1 Å². The second kappa shape index (κ2) is 3.26. The molecule has 0 saturated carbocycles. The molecule has 0 aliphatic carbocycles. The first-order valence-electron chi connectivity index (χ1n) is 3.95. The van der Waals surface area contributed by atoms with Crippen molar-refractivity contribution in [2.75, 3.05) is 6.61 Å². The third kappa shape index (κ3) is 1.56. The lowest BCUT2D eigenvalue weighted by molar-refractivity contribution is 0.257. The van der Waals surface area contributed by atoms with Crippen molar-refractivity contribution >= 4 is 6.08 Å². The molecule has 0 saturated heterocycles. The van der Waals surface area contributed by atoms with E-state index < -0.39 is 0 Å². The van der Waals surface area contributed by atoms with Gasteiger partial charge in [0.25, 0.3) is 0 Å². The average molecular weight is 162 g/mol. The van der Waals surface area contributed by atoms with Crippen LogP contribution in [-0.2, 0) is 4.74 Å². The van der Waals surface area contributed by atoms with Crippen LogP contribution in [0.4, 0.5) is 0 Å². The predicted molar refractivity (Wildman–Crippen MR) is 46.3 cm³/mol. The molecule has 0 spiro atoms. The quantitative estimate of drug-likeness (QED) is 0.719. The van der Waals surface area contributed by atoms with E-state index in [1.165, 1.54) is 0 Å². The molecule has 1 aliphatic rings. The number of aromatic amines is 1. The molecule has 0 unspecified atom stereocenters. The van der Waals surface area contributed by atoms with Crippen molar-refractivity contribution in [1.29, 1.82) is 0 Å². The van der Waals surface area contributed by atoms with Crippen LogP contribution in [0.3, 0.4) is 0 Å². The topological polar surface area (TPSA) is 37.9 Å². The number of H-pyrrole nitrogens is 1. The van der Waals surface area contributed by atoms with Crippen molar-refractivity contribution < 1.29 is 4.74 Å². The Labute approximate surface area is 70.7 Å². The first-order chi connectivity index (χ1) is 5.95. The maximum absolute atomic E-state index is 5.29. The van der Waals surface area contributed by atoms with Gasteiger partial charge in [0.2, 0.25) is 0 Å². The van der Waals surface area contributed by atoms with Crippen LogP contribution in [0.25, 0.3) is 6.08 Å². The highest BCUT2D eigenvalue weighted by Gasteiger charge is 1.99. The summed E-state index contributed by atoms with van der Waals surface area (Å²) in [5, 5.41) is 6.67. The minimum atomic E-state index is 0.808. The molecule has 0 amide bonds. The molecule has 1 N–H and O–H groups in total. The Kier molecular flexibility index (Phi) is 1.94. The van der Waals surface area contributed by atoms with Crippen LogP contribution >= 0.6 is 0 Å². The highest BCUT2D eigenvalue weighted by Crippen LogP contribution is 2.11. The summed E-state index contributed by atoms with van der Waals surface area (Å²) in [6.45, 7) is 0.808. The molecule has 3 nitrogen and oxygen atoms in total. The van der Waals surface area contributed by atoms with Crippen molar-refractivity contribution in [2.24, 2.45) is 0 Å². The molecule has 1 aliphatic heterocycles. The first kappa shape index (κ1) is 7.16. The normalized spacial score (nSPS) is 16.5. The minimum absolute atomic E-state index is 0.808. The fourth-order valence-corrected chi connectivity index (χ4v) is 1.08. The fraction of sp³-hybridized carbons (Fsp3) is 0.222. The van der Waals surface area contributed by atoms with Gasteiger partial charge in [0, 0.05) is 12.6 Å². The molecule has 3 heteroatoms. The Hall–Kier alpha value is -1.51. The zero-order chi connectivity index (χ0) is 8.23. The Morgan fingerprint density at radius 3 is 3.17 bits per heavy atom. The van der Waals surface area contributed by atoms with E-state index in [9.17, 15) is 0 Å². The second-order valence-corrected chi connectivity index (χ2v) is 2.59. The molecule has 2 rings (SSSR count). The van der Waals surface area contributed by atoms with Crippen LogP contribution in [0.2, 0.25) is 0 Å². The third-order valence-electron chi connectivity index (χ3n) is 1.68. The van der Waals surface area contributed by atoms with Crippen LogP contribution in [0.5, 0.6) is 0 Å². The van der Waals surface area contributed by atoms with E-state index in [1.54, 1.807) is 6.20 Å². The number of hydrogen-bond acceptors (Lipinski definition) is 2. The third-order valence-corrected chi connectivity index (χ3v) is 1.68. The Morgan fingerprint density at radius 1 is 1.50 bits per heavy atom. The smallest absolute Gasteiger partial charge is 0.115 e. The summed E-state index contributed by atoms with van der Waals surface area (Å²) in [5.41, 5.74) is 0.992. The van der Waals surface area contributed by atoms with Gasteiger partial charge in [-0.1, -0.05) is 0 Å². The maximum atomic E-state index is 5.29. The molecule has 2 heterocycles. The van der Waals surface area contributed by atoms with Gasteiger partial charge in [-0.25, -0.2) is 0 Å². The first-order valence-corrected chi connectivity index (χ1v) is 3.95. The molecule has 62 valence electrons. The van der Waals surface area contributed by atoms with E-state index in [0.29, 0.717) is 0 Å². The van der Waals surface area contributed by atoms with Gasteiger partial charge in [-0.3, -0.25) is 5.10 Å². The van der Waals surface area contributed by atoms with Crippen molar-refractivity contribution in [1.82, 2.24) is 10.2 Å². The summed E-state index contributed by atoms with van der Waals surface area (Å²) < 4.78 is 5.29. The van der Waals surface area contributed by atoms with Gasteiger partial charge in [0.05, 0.1) is 12.3 Å². The molecule has 1 aromatic rings. The van der Waals surface area contributed by atoms with E-state index in [2.05, 4.69) is 16.3 Å². The van der Waals surface area contributed by atoms with Gasteiger partial charge in [-0.2, -0.15) is 5.10 Å². The summed E-state index contributed by atoms with van der Waals surface area (Å²) in [6, 6.07) is 1.91. The summed E-state index contributed by atoms with van der Waals surface area (Å²) in [6.07, 6.45) is 8.71. The van der Waals surface area contributed by atoms with Gasteiger partial charge in [0.1, 0.15) is 5.76 Å². The van der Waals surface area contributed by atoms with Crippen molar-refractivity contribution in [2.45, 2.75) is 6.42 Å². The summed E-state index contributed by atoms with van der Waals surface area (Å²) >= 11 is 0. The lowest BCUT2D eigenvalue weighted by Crippen LogP contribution is -1.80. The lowest BCUT2D eigenvalue weighted by atomic mass is 10.3. The Morgan fingerprint density at radius 2 is 2.50 bits per heavy atom. The maximum Gasteiger partial charge on any atom is 0.115 e. The minimum Gasteiger partial charge on any atom is -0.494 e. The standard InChI is InChI=1S/C9H10N2O/c1-2-9(12-7-1)4-3-8-5-6-10-11-8/h2-6H,1,7H2,(H,10,11). The van der Waals surface area contributed by atoms with Gasteiger partial charge in [0.15, 0.2) is 0 Å². The highest BCUT2D eigenvalue weighted by molar-refractivity contribution is 5.47. The van der Waals surface area contributed by atoms with Crippen LogP contribution < -0.4 is 0 Å². The molecule has 0 aromatic carbocycles. The SMILES string of the molecule is C(=Cc1ccn[nH]1)C1=CCCO1. The van der Waals surface area contributed by atoms with Crippen molar-refractivity contribution in [3.05, 3.63) is 35.9 Å². The molecule has 0 bridgehead atoms. The van der Waals surface area contributed by atoms with E-state index in [4.69, 9.17) is 4.74 Å². The predicted octanol–water partition coefficient (Wildman–Crippen LogP) is 1.73. The zero-order valence-corrected chi connectivity index (χ0v) is 6.66. The second-order valence-electron chi connectivity index (χ2n) is 2.59. The molecular formula is C9H10N2O. The van der Waals surface area contributed by atoms with Crippen molar-refractivity contribution in [3.8, 4) is 0 Å². The number of ether oxygens (including phenoxy) is 1. The van der Waals surface area contributed by atoms with E-state index in [0.717, 1.165) is 24.5 Å². The van der Waals surface area contributed by atoms with E-state index in [-0.39, 0.29) is 0 Å². The number of nitrogens with zero attached hydrogens (tertiary/aromatic N) is 1. The van der Waals surface area contributed by atoms with Crippen LogP contribution in [0, 0.1) is 0 Å². The summed E-state index contributed by atoms with van der Waals surface area (Å²) in [4.78, 5) is 0. The Balaban J connectivity index is 2.02. The van der Waals surface area contributed by atoms with Gasteiger partial charge in [-0.15, -0.1) is 0 Å².